The molecule has 1 aliphatic rings. The van der Waals surface area contributed by atoms with Gasteiger partial charge < -0.3 is 18.6 Å². The number of nitrogens with zero attached hydrogens (tertiary/aromatic N) is 1. The molecule has 1 aliphatic heterocycles. The summed E-state index contributed by atoms with van der Waals surface area (Å²) in [7, 11) is 1.54. The first-order valence-corrected chi connectivity index (χ1v) is 13.0. The molecule has 0 spiro atoms. The molecule has 1 unspecified atom stereocenters. The van der Waals surface area contributed by atoms with Gasteiger partial charge in [-0.25, -0.2) is 4.39 Å². The fourth-order valence-corrected chi connectivity index (χ4v) is 4.77. The molecule has 39 heavy (non-hydrogen) atoms. The van der Waals surface area contributed by atoms with E-state index < -0.39 is 23.2 Å². The van der Waals surface area contributed by atoms with E-state index in [-0.39, 0.29) is 22.3 Å². The van der Waals surface area contributed by atoms with Crippen LogP contribution < -0.4 is 24.5 Å². The molecule has 5 rings (SSSR count). The van der Waals surface area contributed by atoms with Gasteiger partial charge in [-0.05, 0) is 79.4 Å². The molecule has 7 nitrogen and oxygen atoms in total. The monoisotopic (exact) mass is 531 g/mol. The zero-order valence-corrected chi connectivity index (χ0v) is 22.3. The van der Waals surface area contributed by atoms with Crippen molar-refractivity contribution in [3.63, 3.8) is 0 Å². The van der Waals surface area contributed by atoms with Gasteiger partial charge in [0.1, 0.15) is 17.1 Å². The molecule has 202 valence electrons. The molecular formula is C31H30FNO6. The molecule has 0 N–H and O–H groups in total. The number of carbonyl (C=O) groups is 1. The molecular weight excluding hydrogens is 501 g/mol. The van der Waals surface area contributed by atoms with E-state index in [0.29, 0.717) is 47.6 Å². The number of methoxy groups -OCH3 is 1. The van der Waals surface area contributed by atoms with Crippen LogP contribution in [0.4, 0.5) is 10.1 Å². The number of hydrogen-bond acceptors (Lipinski definition) is 6. The average molecular weight is 532 g/mol. The molecule has 0 aliphatic carbocycles. The predicted octanol–water partition coefficient (Wildman–Crippen LogP) is 6.51. The number of halogens is 1. The first-order valence-electron chi connectivity index (χ1n) is 13.0. The van der Waals surface area contributed by atoms with Crippen molar-refractivity contribution < 1.29 is 27.8 Å². The third kappa shape index (κ3) is 4.94. The van der Waals surface area contributed by atoms with Gasteiger partial charge in [0.25, 0.3) is 5.91 Å². The van der Waals surface area contributed by atoms with Crippen molar-refractivity contribution in [1.82, 2.24) is 0 Å². The number of hydrogen-bond donors (Lipinski definition) is 0. The van der Waals surface area contributed by atoms with Crippen molar-refractivity contribution >= 4 is 22.6 Å². The molecule has 0 bridgehead atoms. The van der Waals surface area contributed by atoms with Gasteiger partial charge in [0.15, 0.2) is 16.9 Å². The Labute approximate surface area is 225 Å². The molecule has 8 heteroatoms. The Morgan fingerprint density at radius 1 is 0.974 bits per heavy atom. The Bertz CT molecular complexity index is 1580. The van der Waals surface area contributed by atoms with Crippen molar-refractivity contribution in [2.75, 3.05) is 25.2 Å². The third-order valence-corrected chi connectivity index (χ3v) is 6.71. The van der Waals surface area contributed by atoms with E-state index >= 15 is 0 Å². The second-order valence-corrected chi connectivity index (χ2v) is 9.76. The van der Waals surface area contributed by atoms with Crippen molar-refractivity contribution in [2.45, 2.75) is 33.2 Å². The molecule has 2 heterocycles. The number of carbonyl (C=O) groups excluding carboxylic acids is 1. The second-order valence-electron chi connectivity index (χ2n) is 9.76. The topological polar surface area (TPSA) is 78.2 Å². The minimum absolute atomic E-state index is 0.0701. The molecule has 1 atom stereocenters. The Morgan fingerprint density at radius 3 is 2.44 bits per heavy atom. The zero-order chi connectivity index (χ0) is 27.7. The number of anilines is 1. The van der Waals surface area contributed by atoms with E-state index in [1.54, 1.807) is 42.5 Å². The van der Waals surface area contributed by atoms with Crippen LogP contribution in [0.3, 0.4) is 0 Å². The molecule has 1 aromatic heterocycles. The van der Waals surface area contributed by atoms with Crippen LogP contribution in [-0.2, 0) is 0 Å². The second kappa shape index (κ2) is 10.8. The van der Waals surface area contributed by atoms with Crippen molar-refractivity contribution in [3.05, 3.63) is 93.6 Å². The van der Waals surface area contributed by atoms with E-state index in [0.717, 1.165) is 12.5 Å². The van der Waals surface area contributed by atoms with Crippen molar-refractivity contribution in [3.8, 4) is 17.2 Å². The highest BCUT2D eigenvalue weighted by atomic mass is 19.1. The summed E-state index contributed by atoms with van der Waals surface area (Å²) in [5, 5.41) is 0.0701. The molecule has 3 aromatic carbocycles. The molecule has 0 saturated carbocycles. The molecule has 0 saturated heterocycles. The van der Waals surface area contributed by atoms with Gasteiger partial charge in [0, 0.05) is 5.69 Å². The number of amides is 1. The van der Waals surface area contributed by atoms with E-state index in [4.69, 9.17) is 18.6 Å². The first kappa shape index (κ1) is 26.3. The van der Waals surface area contributed by atoms with E-state index in [9.17, 15) is 14.0 Å². The van der Waals surface area contributed by atoms with Crippen LogP contribution >= 0.6 is 0 Å². The number of ether oxygens (including phenoxy) is 3. The van der Waals surface area contributed by atoms with Gasteiger partial charge in [-0.1, -0.05) is 19.9 Å². The fraction of sp³-hybridized carbons (Fsp3) is 0.290. The van der Waals surface area contributed by atoms with Crippen LogP contribution in [0.25, 0.3) is 11.0 Å². The summed E-state index contributed by atoms with van der Waals surface area (Å²) in [6, 6.07) is 15.2. The fourth-order valence-electron chi connectivity index (χ4n) is 4.77. The van der Waals surface area contributed by atoms with E-state index in [1.807, 2.05) is 6.92 Å². The lowest BCUT2D eigenvalue weighted by Crippen LogP contribution is -2.29. The van der Waals surface area contributed by atoms with E-state index in [1.165, 1.54) is 24.1 Å². The standard InChI is InChI=1S/C31H30FNO6/c1-5-37-22-10-8-21(9-11-22)33-28(19-6-12-25(26(16-19)36-4)38-15-14-18(2)3)27-29(34)23-17-20(32)7-13-24(23)39-30(27)31(33)35/h6-13,16-18,28H,5,14-15H2,1-4H3. The highest BCUT2D eigenvalue weighted by molar-refractivity contribution is 6.10. The normalized spacial score (nSPS) is 14.7. The average Bonchev–Trinajstić information content (AvgIpc) is 3.22. The minimum Gasteiger partial charge on any atom is -0.494 e. The van der Waals surface area contributed by atoms with Crippen LogP contribution in [0.15, 0.2) is 69.9 Å². The summed E-state index contributed by atoms with van der Waals surface area (Å²) >= 11 is 0. The third-order valence-electron chi connectivity index (χ3n) is 6.71. The summed E-state index contributed by atoms with van der Waals surface area (Å²) in [5.41, 5.74) is 0.987. The minimum atomic E-state index is -0.840. The van der Waals surface area contributed by atoms with Crippen LogP contribution in [0.1, 0.15) is 54.9 Å². The quantitative estimate of drug-likeness (QED) is 0.245. The lowest BCUT2D eigenvalue weighted by molar-refractivity contribution is 0.0971. The maximum absolute atomic E-state index is 14.1. The van der Waals surface area contributed by atoms with Gasteiger partial charge >= 0.3 is 0 Å². The van der Waals surface area contributed by atoms with Gasteiger partial charge in [-0.15, -0.1) is 0 Å². The zero-order valence-electron chi connectivity index (χ0n) is 22.3. The van der Waals surface area contributed by atoms with Gasteiger partial charge in [0.05, 0.1) is 37.3 Å². The molecule has 0 fully saturated rings. The number of fused-ring (bicyclic) bond motifs is 2. The van der Waals surface area contributed by atoms with Crippen LogP contribution in [0.2, 0.25) is 0 Å². The molecule has 0 radical (unpaired) electrons. The Kier molecular flexibility index (Phi) is 7.28. The summed E-state index contributed by atoms with van der Waals surface area (Å²) < 4.78 is 37.2. The summed E-state index contributed by atoms with van der Waals surface area (Å²) in [5.74, 6) is 1.06. The summed E-state index contributed by atoms with van der Waals surface area (Å²) in [6.07, 6.45) is 0.881. The van der Waals surface area contributed by atoms with Crippen LogP contribution in [-0.4, -0.2) is 26.2 Å². The Hall–Kier alpha value is -4.33. The summed E-state index contributed by atoms with van der Waals surface area (Å²) in [6.45, 7) is 7.16. The predicted molar refractivity (Wildman–Crippen MR) is 147 cm³/mol. The number of benzene rings is 3. The largest absolute Gasteiger partial charge is 0.494 e. The Balaban J connectivity index is 1.66. The maximum atomic E-state index is 14.1. The van der Waals surface area contributed by atoms with Crippen molar-refractivity contribution in [2.24, 2.45) is 5.92 Å². The first-order chi connectivity index (χ1) is 18.8. The molecule has 1 amide bonds. The van der Waals surface area contributed by atoms with Gasteiger partial charge in [0.2, 0.25) is 5.76 Å². The smallest absolute Gasteiger partial charge is 0.295 e. The highest BCUT2D eigenvalue weighted by Gasteiger charge is 2.44. The number of rotatable bonds is 9. The van der Waals surface area contributed by atoms with Gasteiger partial charge in [-0.2, -0.15) is 0 Å². The van der Waals surface area contributed by atoms with Crippen molar-refractivity contribution in [1.29, 1.82) is 0 Å². The lowest BCUT2D eigenvalue weighted by Gasteiger charge is -2.26. The lowest BCUT2D eigenvalue weighted by atomic mass is 9.97. The molecule has 4 aromatic rings. The van der Waals surface area contributed by atoms with E-state index in [2.05, 4.69) is 13.8 Å². The SMILES string of the molecule is CCOc1ccc(N2C(=O)c3oc4ccc(F)cc4c(=O)c3C2c2ccc(OCCC(C)C)c(OC)c2)cc1. The van der Waals surface area contributed by atoms with Gasteiger partial charge in [-0.3, -0.25) is 14.5 Å². The summed E-state index contributed by atoms with van der Waals surface area (Å²) in [4.78, 5) is 29.1. The van der Waals surface area contributed by atoms with Crippen LogP contribution in [0, 0.1) is 11.7 Å². The highest BCUT2D eigenvalue weighted by Crippen LogP contribution is 2.43. The van der Waals surface area contributed by atoms with Crippen LogP contribution in [0.5, 0.6) is 17.2 Å². The Morgan fingerprint density at radius 2 is 1.74 bits per heavy atom. The maximum Gasteiger partial charge on any atom is 0.295 e.